The maximum absolute atomic E-state index is 10.6. The van der Waals surface area contributed by atoms with Crippen molar-refractivity contribution in [3.63, 3.8) is 0 Å². The van der Waals surface area contributed by atoms with E-state index < -0.39 is 5.97 Å². The van der Waals surface area contributed by atoms with Gasteiger partial charge in [-0.3, -0.25) is 4.79 Å². The minimum Gasteiger partial charge on any atom is -0.481 e. The molecule has 16 heavy (non-hydrogen) atoms. The molecule has 0 aliphatic carbocycles. The summed E-state index contributed by atoms with van der Waals surface area (Å²) in [5, 5.41) is 12.1. The molecule has 0 rings (SSSR count). The van der Waals surface area contributed by atoms with E-state index in [0.29, 0.717) is 6.04 Å². The van der Waals surface area contributed by atoms with Crippen molar-refractivity contribution in [3.05, 3.63) is 12.2 Å². The molecule has 0 aromatic carbocycles. The van der Waals surface area contributed by atoms with Crippen molar-refractivity contribution in [3.8, 4) is 0 Å². The summed E-state index contributed by atoms with van der Waals surface area (Å²) in [4.78, 5) is 10.6. The lowest BCUT2D eigenvalue weighted by Crippen LogP contribution is -2.27. The van der Waals surface area contributed by atoms with E-state index in [1.54, 1.807) is 6.92 Å². The fraction of sp³-hybridized carbons (Fsp3) is 0.769. The van der Waals surface area contributed by atoms with Gasteiger partial charge in [0.15, 0.2) is 0 Å². The van der Waals surface area contributed by atoms with Crippen LogP contribution in [-0.4, -0.2) is 23.7 Å². The Kier molecular flexibility index (Phi) is 7.90. The summed E-state index contributed by atoms with van der Waals surface area (Å²) in [6, 6.07) is 0.459. The van der Waals surface area contributed by atoms with E-state index in [2.05, 4.69) is 18.8 Å². The van der Waals surface area contributed by atoms with E-state index in [0.717, 1.165) is 32.2 Å². The van der Waals surface area contributed by atoms with Gasteiger partial charge in [0, 0.05) is 6.04 Å². The van der Waals surface area contributed by atoms with Gasteiger partial charge in [-0.2, -0.15) is 0 Å². The topological polar surface area (TPSA) is 49.3 Å². The lowest BCUT2D eigenvalue weighted by Gasteiger charge is -2.14. The molecule has 0 spiro atoms. The molecule has 2 unspecified atom stereocenters. The molecule has 0 aliphatic rings. The number of rotatable bonds is 9. The fourth-order valence-corrected chi connectivity index (χ4v) is 1.49. The Bertz CT molecular complexity index is 226. The fourth-order valence-electron chi connectivity index (χ4n) is 1.49. The number of hydrogen-bond acceptors (Lipinski definition) is 2. The number of carboxylic acid groups (broad SMARTS) is 1. The standard InChI is InChI=1S/C13H25NO2/c1-10(2)8-9-14-12(4)7-5-6-11(3)13(15)16/h11-12,14H,1,5-9H2,2-4H3,(H,15,16). The second-order valence-electron chi connectivity index (χ2n) is 4.73. The zero-order valence-corrected chi connectivity index (χ0v) is 10.8. The molecule has 2 atom stereocenters. The Morgan fingerprint density at radius 3 is 2.50 bits per heavy atom. The van der Waals surface area contributed by atoms with Gasteiger partial charge in [-0.05, 0) is 39.7 Å². The minimum atomic E-state index is -0.692. The summed E-state index contributed by atoms with van der Waals surface area (Å²) < 4.78 is 0. The van der Waals surface area contributed by atoms with E-state index >= 15 is 0 Å². The smallest absolute Gasteiger partial charge is 0.306 e. The van der Waals surface area contributed by atoms with E-state index in [1.807, 2.05) is 6.92 Å². The molecule has 3 heteroatoms. The largest absolute Gasteiger partial charge is 0.481 e. The van der Waals surface area contributed by atoms with Gasteiger partial charge in [-0.15, -0.1) is 6.58 Å². The summed E-state index contributed by atoms with van der Waals surface area (Å²) in [5.74, 6) is -0.912. The monoisotopic (exact) mass is 227 g/mol. The van der Waals surface area contributed by atoms with Crippen molar-refractivity contribution in [1.82, 2.24) is 5.32 Å². The SMILES string of the molecule is C=C(C)CCNC(C)CCCC(C)C(=O)O. The van der Waals surface area contributed by atoms with Crippen molar-refractivity contribution < 1.29 is 9.90 Å². The average molecular weight is 227 g/mol. The highest BCUT2D eigenvalue weighted by Gasteiger charge is 2.10. The average Bonchev–Trinajstić information content (AvgIpc) is 2.16. The number of hydrogen-bond donors (Lipinski definition) is 2. The van der Waals surface area contributed by atoms with Gasteiger partial charge in [0.2, 0.25) is 0 Å². The molecule has 0 bridgehead atoms. The Balaban J connectivity index is 3.47. The summed E-state index contributed by atoms with van der Waals surface area (Å²) in [6.45, 7) is 10.8. The van der Waals surface area contributed by atoms with E-state index in [9.17, 15) is 4.79 Å². The molecule has 0 saturated carbocycles. The van der Waals surface area contributed by atoms with E-state index in [1.165, 1.54) is 5.57 Å². The molecular weight excluding hydrogens is 202 g/mol. The molecule has 2 N–H and O–H groups in total. The number of carboxylic acids is 1. The van der Waals surface area contributed by atoms with Gasteiger partial charge < -0.3 is 10.4 Å². The van der Waals surface area contributed by atoms with Crippen LogP contribution in [0.5, 0.6) is 0 Å². The molecule has 0 amide bonds. The van der Waals surface area contributed by atoms with Crippen LogP contribution in [0.3, 0.4) is 0 Å². The summed E-state index contributed by atoms with van der Waals surface area (Å²) in [5.41, 5.74) is 1.19. The van der Waals surface area contributed by atoms with Crippen LogP contribution >= 0.6 is 0 Å². The summed E-state index contributed by atoms with van der Waals surface area (Å²) >= 11 is 0. The highest BCUT2D eigenvalue weighted by Crippen LogP contribution is 2.09. The molecule has 94 valence electrons. The molecule has 0 aliphatic heterocycles. The zero-order valence-electron chi connectivity index (χ0n) is 10.8. The first-order valence-corrected chi connectivity index (χ1v) is 6.04. The van der Waals surface area contributed by atoms with Gasteiger partial charge in [0.05, 0.1) is 5.92 Å². The van der Waals surface area contributed by atoms with Crippen molar-refractivity contribution >= 4 is 5.97 Å². The Morgan fingerprint density at radius 1 is 1.38 bits per heavy atom. The minimum absolute atomic E-state index is 0.220. The van der Waals surface area contributed by atoms with E-state index in [4.69, 9.17) is 5.11 Å². The Labute approximate surface area is 98.9 Å². The van der Waals surface area contributed by atoms with Crippen LogP contribution in [0.15, 0.2) is 12.2 Å². The third-order valence-corrected chi connectivity index (χ3v) is 2.74. The lowest BCUT2D eigenvalue weighted by molar-refractivity contribution is -0.141. The predicted molar refractivity (Wildman–Crippen MR) is 67.5 cm³/mol. The molecule has 0 saturated heterocycles. The third-order valence-electron chi connectivity index (χ3n) is 2.74. The van der Waals surface area contributed by atoms with Crippen molar-refractivity contribution in [2.24, 2.45) is 5.92 Å². The van der Waals surface area contributed by atoms with Gasteiger partial charge in [-0.1, -0.05) is 18.9 Å². The van der Waals surface area contributed by atoms with Crippen molar-refractivity contribution in [2.75, 3.05) is 6.54 Å². The van der Waals surface area contributed by atoms with Gasteiger partial charge in [-0.25, -0.2) is 0 Å². The number of nitrogens with one attached hydrogen (secondary N) is 1. The molecular formula is C13H25NO2. The van der Waals surface area contributed by atoms with Crippen LogP contribution in [0, 0.1) is 5.92 Å². The summed E-state index contributed by atoms with van der Waals surface area (Å²) in [7, 11) is 0. The Morgan fingerprint density at radius 2 is 2.00 bits per heavy atom. The molecule has 0 radical (unpaired) electrons. The molecule has 0 heterocycles. The van der Waals surface area contributed by atoms with Crippen LogP contribution in [0.4, 0.5) is 0 Å². The molecule has 3 nitrogen and oxygen atoms in total. The number of carbonyl (C=O) groups is 1. The first-order chi connectivity index (χ1) is 7.43. The molecule has 0 fully saturated rings. The van der Waals surface area contributed by atoms with Crippen LogP contribution < -0.4 is 5.32 Å². The van der Waals surface area contributed by atoms with Gasteiger partial charge in [0.1, 0.15) is 0 Å². The number of aliphatic carboxylic acids is 1. The first kappa shape index (κ1) is 15.2. The van der Waals surface area contributed by atoms with Crippen LogP contribution in [0.1, 0.15) is 46.5 Å². The van der Waals surface area contributed by atoms with Crippen LogP contribution in [-0.2, 0) is 4.79 Å². The van der Waals surface area contributed by atoms with E-state index in [-0.39, 0.29) is 5.92 Å². The lowest BCUT2D eigenvalue weighted by atomic mass is 10.0. The molecule has 0 aromatic rings. The highest BCUT2D eigenvalue weighted by molar-refractivity contribution is 5.69. The maximum Gasteiger partial charge on any atom is 0.306 e. The third kappa shape index (κ3) is 8.48. The van der Waals surface area contributed by atoms with Gasteiger partial charge in [0.25, 0.3) is 0 Å². The van der Waals surface area contributed by atoms with Crippen molar-refractivity contribution in [2.45, 2.75) is 52.5 Å². The second-order valence-corrected chi connectivity index (χ2v) is 4.73. The first-order valence-electron chi connectivity index (χ1n) is 6.04. The van der Waals surface area contributed by atoms with Crippen molar-refractivity contribution in [1.29, 1.82) is 0 Å². The second kappa shape index (κ2) is 8.34. The zero-order chi connectivity index (χ0) is 12.6. The van der Waals surface area contributed by atoms with Crippen LogP contribution in [0.2, 0.25) is 0 Å². The highest BCUT2D eigenvalue weighted by atomic mass is 16.4. The maximum atomic E-state index is 10.6. The summed E-state index contributed by atoms with van der Waals surface area (Å²) in [6.07, 6.45) is 3.78. The predicted octanol–water partition coefficient (Wildman–Crippen LogP) is 2.82. The van der Waals surface area contributed by atoms with Crippen LogP contribution in [0.25, 0.3) is 0 Å². The Hall–Kier alpha value is -0.830. The normalized spacial score (nSPS) is 14.4. The van der Waals surface area contributed by atoms with Gasteiger partial charge >= 0.3 is 5.97 Å². The molecule has 0 aromatic heterocycles. The quantitative estimate of drug-likeness (QED) is 0.595.